The molecule has 7 heteroatoms. The summed E-state index contributed by atoms with van der Waals surface area (Å²) in [6.07, 6.45) is 2.17. The fourth-order valence-corrected chi connectivity index (χ4v) is 1.89. The standard InChI is InChI=1S/C18H18N2O5/c1-23-16-9-8-14(11-19-16)10-15(17(21)24-2)20-18(22)25-12-13-6-4-3-5-7-13/h3-11H,12H2,1-2H3,(H,20,22)/b15-10+. The number of amides is 1. The Bertz CT molecular complexity index is 742. The zero-order valence-corrected chi connectivity index (χ0v) is 13.9. The van der Waals surface area contributed by atoms with Crippen molar-refractivity contribution in [2.45, 2.75) is 6.61 Å². The third-order valence-electron chi connectivity index (χ3n) is 3.13. The number of rotatable bonds is 6. The molecule has 2 rings (SSSR count). The second-order valence-corrected chi connectivity index (χ2v) is 4.87. The largest absolute Gasteiger partial charge is 0.481 e. The van der Waals surface area contributed by atoms with Crippen LogP contribution >= 0.6 is 0 Å². The van der Waals surface area contributed by atoms with Gasteiger partial charge in [0.15, 0.2) is 0 Å². The van der Waals surface area contributed by atoms with Crippen molar-refractivity contribution in [2.75, 3.05) is 14.2 Å². The second-order valence-electron chi connectivity index (χ2n) is 4.87. The van der Waals surface area contributed by atoms with E-state index in [0.29, 0.717) is 11.4 Å². The molecule has 25 heavy (non-hydrogen) atoms. The Morgan fingerprint density at radius 2 is 1.88 bits per heavy atom. The molecule has 7 nitrogen and oxygen atoms in total. The van der Waals surface area contributed by atoms with Gasteiger partial charge in [-0.3, -0.25) is 5.32 Å². The van der Waals surface area contributed by atoms with Gasteiger partial charge in [-0.1, -0.05) is 30.3 Å². The maximum Gasteiger partial charge on any atom is 0.412 e. The smallest absolute Gasteiger partial charge is 0.412 e. The number of methoxy groups -OCH3 is 2. The third kappa shape index (κ3) is 5.65. The van der Waals surface area contributed by atoms with E-state index in [-0.39, 0.29) is 12.3 Å². The lowest BCUT2D eigenvalue weighted by molar-refractivity contribution is -0.136. The fraction of sp³-hybridized carbons (Fsp3) is 0.167. The molecule has 0 spiro atoms. The molecule has 1 amide bonds. The number of hydrogen-bond donors (Lipinski definition) is 1. The molecule has 1 N–H and O–H groups in total. The molecule has 1 heterocycles. The summed E-state index contributed by atoms with van der Waals surface area (Å²) in [5.74, 6) is -0.264. The van der Waals surface area contributed by atoms with Crippen LogP contribution in [0.4, 0.5) is 4.79 Å². The van der Waals surface area contributed by atoms with E-state index in [9.17, 15) is 9.59 Å². The fourth-order valence-electron chi connectivity index (χ4n) is 1.89. The monoisotopic (exact) mass is 342 g/mol. The van der Waals surface area contributed by atoms with Gasteiger partial charge in [0, 0.05) is 12.3 Å². The highest BCUT2D eigenvalue weighted by Crippen LogP contribution is 2.10. The number of benzene rings is 1. The van der Waals surface area contributed by atoms with Crippen molar-refractivity contribution in [3.63, 3.8) is 0 Å². The van der Waals surface area contributed by atoms with Crippen molar-refractivity contribution < 1.29 is 23.8 Å². The first-order chi connectivity index (χ1) is 12.1. The van der Waals surface area contributed by atoms with E-state index in [1.807, 2.05) is 30.3 Å². The maximum atomic E-state index is 11.9. The average Bonchev–Trinajstić information content (AvgIpc) is 2.66. The highest BCUT2D eigenvalue weighted by atomic mass is 16.6. The minimum Gasteiger partial charge on any atom is -0.481 e. The molecule has 0 aliphatic carbocycles. The highest BCUT2D eigenvalue weighted by molar-refractivity contribution is 5.96. The van der Waals surface area contributed by atoms with Gasteiger partial charge in [0.05, 0.1) is 14.2 Å². The number of pyridine rings is 1. The summed E-state index contributed by atoms with van der Waals surface area (Å²) in [6.45, 7) is 0.0885. The van der Waals surface area contributed by atoms with Crippen molar-refractivity contribution >= 4 is 18.1 Å². The first-order valence-corrected chi connectivity index (χ1v) is 7.40. The quantitative estimate of drug-likeness (QED) is 0.641. The van der Waals surface area contributed by atoms with Crippen LogP contribution in [0.25, 0.3) is 6.08 Å². The molecule has 0 aliphatic rings. The number of ether oxygens (including phenoxy) is 3. The molecule has 0 saturated carbocycles. The molecular weight excluding hydrogens is 324 g/mol. The van der Waals surface area contributed by atoms with Crippen LogP contribution < -0.4 is 10.1 Å². The van der Waals surface area contributed by atoms with Crippen molar-refractivity contribution in [3.05, 3.63) is 65.5 Å². The van der Waals surface area contributed by atoms with Crippen molar-refractivity contribution in [1.82, 2.24) is 10.3 Å². The molecule has 130 valence electrons. The van der Waals surface area contributed by atoms with E-state index < -0.39 is 12.1 Å². The van der Waals surface area contributed by atoms with Gasteiger partial charge < -0.3 is 14.2 Å². The van der Waals surface area contributed by atoms with Crippen molar-refractivity contribution in [3.8, 4) is 5.88 Å². The van der Waals surface area contributed by atoms with Gasteiger partial charge in [-0.2, -0.15) is 0 Å². The summed E-state index contributed by atoms with van der Waals surface area (Å²) >= 11 is 0. The number of aromatic nitrogens is 1. The average molecular weight is 342 g/mol. The molecular formula is C18H18N2O5. The van der Waals surface area contributed by atoms with Crippen LogP contribution in [0.5, 0.6) is 5.88 Å². The Hall–Kier alpha value is -3.35. The van der Waals surface area contributed by atoms with Crippen LogP contribution in [-0.4, -0.2) is 31.3 Å². The number of esters is 1. The SMILES string of the molecule is COC(=O)/C(=C\c1ccc(OC)nc1)NC(=O)OCc1ccccc1. The lowest BCUT2D eigenvalue weighted by Gasteiger charge is -2.09. The minimum atomic E-state index is -0.762. The number of nitrogens with zero attached hydrogens (tertiary/aromatic N) is 1. The summed E-state index contributed by atoms with van der Waals surface area (Å²) in [5, 5.41) is 2.38. The molecule has 0 radical (unpaired) electrons. The lowest BCUT2D eigenvalue weighted by Crippen LogP contribution is -2.28. The number of alkyl carbamates (subject to hydrolysis) is 1. The van der Waals surface area contributed by atoms with Crippen LogP contribution in [0.2, 0.25) is 0 Å². The summed E-state index contributed by atoms with van der Waals surface area (Å²) < 4.78 is 14.7. The van der Waals surface area contributed by atoms with E-state index in [1.165, 1.54) is 26.5 Å². The Morgan fingerprint density at radius 3 is 2.48 bits per heavy atom. The third-order valence-corrected chi connectivity index (χ3v) is 3.13. The molecule has 0 bridgehead atoms. The summed E-state index contributed by atoms with van der Waals surface area (Å²) in [6, 6.07) is 12.5. The van der Waals surface area contributed by atoms with Gasteiger partial charge in [0.25, 0.3) is 0 Å². The van der Waals surface area contributed by atoms with Crippen LogP contribution in [0.1, 0.15) is 11.1 Å². The first kappa shape index (κ1) is 18.0. The molecule has 0 unspecified atom stereocenters. The Morgan fingerprint density at radius 1 is 1.12 bits per heavy atom. The Kier molecular flexibility index (Phi) is 6.53. The van der Waals surface area contributed by atoms with E-state index in [0.717, 1.165) is 5.56 Å². The predicted octanol–water partition coefficient (Wildman–Crippen LogP) is 2.53. The molecule has 2 aromatic rings. The zero-order valence-electron chi connectivity index (χ0n) is 13.9. The minimum absolute atomic E-state index is 0.0625. The van der Waals surface area contributed by atoms with Crippen molar-refractivity contribution in [2.24, 2.45) is 0 Å². The van der Waals surface area contributed by atoms with Gasteiger partial charge in [-0.15, -0.1) is 0 Å². The maximum absolute atomic E-state index is 11.9. The number of hydrogen-bond acceptors (Lipinski definition) is 6. The van der Waals surface area contributed by atoms with E-state index in [4.69, 9.17) is 9.47 Å². The summed E-state index contributed by atoms with van der Waals surface area (Å²) in [7, 11) is 2.72. The zero-order chi connectivity index (χ0) is 18.1. The van der Waals surface area contributed by atoms with Crippen LogP contribution in [-0.2, 0) is 20.9 Å². The normalized spacial score (nSPS) is 10.7. The number of carbonyl (C=O) groups excluding carboxylic acids is 2. The van der Waals surface area contributed by atoms with E-state index >= 15 is 0 Å². The molecule has 1 aromatic carbocycles. The number of carbonyl (C=O) groups is 2. The van der Waals surface area contributed by atoms with Gasteiger partial charge >= 0.3 is 12.1 Å². The van der Waals surface area contributed by atoms with Crippen molar-refractivity contribution in [1.29, 1.82) is 0 Å². The lowest BCUT2D eigenvalue weighted by atomic mass is 10.2. The van der Waals surface area contributed by atoms with Gasteiger partial charge in [-0.25, -0.2) is 14.6 Å². The Labute approximate surface area is 145 Å². The van der Waals surface area contributed by atoms with E-state index in [1.54, 1.807) is 12.1 Å². The Balaban J connectivity index is 2.04. The first-order valence-electron chi connectivity index (χ1n) is 7.40. The van der Waals surface area contributed by atoms with Crippen LogP contribution in [0.15, 0.2) is 54.4 Å². The summed E-state index contributed by atoms with van der Waals surface area (Å²) in [5.41, 5.74) is 1.36. The molecule has 0 fully saturated rings. The van der Waals surface area contributed by atoms with Gasteiger partial charge in [0.2, 0.25) is 5.88 Å². The van der Waals surface area contributed by atoms with Crippen LogP contribution in [0.3, 0.4) is 0 Å². The van der Waals surface area contributed by atoms with E-state index in [2.05, 4.69) is 15.0 Å². The topological polar surface area (TPSA) is 86.8 Å². The second kappa shape index (κ2) is 9.07. The molecule has 1 aromatic heterocycles. The number of nitrogens with one attached hydrogen (secondary N) is 1. The summed E-state index contributed by atoms with van der Waals surface area (Å²) in [4.78, 5) is 27.8. The van der Waals surface area contributed by atoms with Gasteiger partial charge in [0.1, 0.15) is 12.3 Å². The molecule has 0 saturated heterocycles. The molecule has 0 atom stereocenters. The molecule has 0 aliphatic heterocycles. The predicted molar refractivity (Wildman–Crippen MR) is 90.5 cm³/mol. The van der Waals surface area contributed by atoms with Crippen LogP contribution in [0, 0.1) is 0 Å². The van der Waals surface area contributed by atoms with Gasteiger partial charge in [-0.05, 0) is 23.3 Å². The highest BCUT2D eigenvalue weighted by Gasteiger charge is 2.14.